The monoisotopic (exact) mass is 667 g/mol. The molecule has 14 heteroatoms. The fourth-order valence-corrected chi connectivity index (χ4v) is 6.60. The highest BCUT2D eigenvalue weighted by Crippen LogP contribution is 2.31. The van der Waals surface area contributed by atoms with Crippen LogP contribution in [0.25, 0.3) is 21.1 Å². The van der Waals surface area contributed by atoms with Crippen LogP contribution in [-0.4, -0.2) is 57.0 Å². The molecule has 0 unspecified atom stereocenters. The number of nitrogens with one attached hydrogen (secondary N) is 1. The Morgan fingerprint density at radius 2 is 1.55 bits per heavy atom. The number of aromatic nitrogens is 3. The summed E-state index contributed by atoms with van der Waals surface area (Å²) < 4.78 is 1.40. The van der Waals surface area contributed by atoms with Crippen LogP contribution in [0.2, 0.25) is 8.67 Å². The molecule has 0 atom stereocenters. The molecular weight excluding hydrogens is 641 g/mol. The number of piperidine rings is 1. The van der Waals surface area contributed by atoms with Crippen LogP contribution in [0.1, 0.15) is 12.8 Å². The molecule has 1 saturated heterocycles. The first kappa shape index (κ1) is 31.3. The van der Waals surface area contributed by atoms with Gasteiger partial charge in [0, 0.05) is 38.4 Å². The molecule has 0 radical (unpaired) electrons. The quantitative estimate of drug-likeness (QED) is 0.143. The molecule has 1 fully saturated rings. The Kier molecular flexibility index (Phi) is 10.4. The fraction of sp³-hybridized carbons (Fsp3) is 0.200. The fourth-order valence-electron chi connectivity index (χ4n) is 4.56. The summed E-state index contributed by atoms with van der Waals surface area (Å²) in [5.41, 5.74) is 2.20. The minimum absolute atomic E-state index is 0.0126. The van der Waals surface area contributed by atoms with E-state index in [-0.39, 0.29) is 17.8 Å². The highest BCUT2D eigenvalue weighted by atomic mass is 35.5. The lowest BCUT2D eigenvalue weighted by Crippen LogP contribution is -2.47. The van der Waals surface area contributed by atoms with E-state index < -0.39 is 4.92 Å². The second-order valence-corrected chi connectivity index (χ2v) is 13.2. The summed E-state index contributed by atoms with van der Waals surface area (Å²) in [6.07, 6.45) is 6.56. The lowest BCUT2D eigenvalue weighted by Gasteiger charge is -2.37. The average Bonchev–Trinajstić information content (AvgIpc) is 3.70. The van der Waals surface area contributed by atoms with Crippen molar-refractivity contribution in [3.63, 3.8) is 0 Å². The van der Waals surface area contributed by atoms with Crippen molar-refractivity contribution in [3.05, 3.63) is 104 Å². The van der Waals surface area contributed by atoms with E-state index in [9.17, 15) is 14.9 Å². The molecule has 5 aromatic rings. The molecule has 0 bridgehead atoms. The third-order valence-corrected chi connectivity index (χ3v) is 9.44. The second kappa shape index (κ2) is 14.6. The molecule has 5 aromatic heterocycles. The zero-order valence-corrected chi connectivity index (χ0v) is 26.6. The van der Waals surface area contributed by atoms with Crippen LogP contribution in [-0.2, 0) is 0 Å². The zero-order chi connectivity index (χ0) is 31.1. The summed E-state index contributed by atoms with van der Waals surface area (Å²) in [5.74, 6) is 0.997. The first-order chi connectivity index (χ1) is 21.3. The van der Waals surface area contributed by atoms with Gasteiger partial charge in [-0.15, -0.1) is 22.7 Å². The van der Waals surface area contributed by atoms with Gasteiger partial charge in [-0.2, -0.15) is 0 Å². The summed E-state index contributed by atoms with van der Waals surface area (Å²) >= 11 is 14.6. The molecule has 44 heavy (non-hydrogen) atoms. The van der Waals surface area contributed by atoms with Crippen LogP contribution in [0.15, 0.2) is 85.3 Å². The summed E-state index contributed by atoms with van der Waals surface area (Å²) in [6, 6.07) is 20.2. The van der Waals surface area contributed by atoms with Gasteiger partial charge >= 0.3 is 6.03 Å². The molecule has 0 spiro atoms. The third-order valence-electron chi connectivity index (χ3n) is 6.93. The number of rotatable bonds is 6. The van der Waals surface area contributed by atoms with Gasteiger partial charge in [0.15, 0.2) is 0 Å². The number of hydrogen-bond acceptors (Lipinski definition) is 9. The van der Waals surface area contributed by atoms with Crippen molar-refractivity contribution in [2.24, 2.45) is 0 Å². The number of thiophene rings is 2. The smallest absolute Gasteiger partial charge is 0.321 e. The Hall–Kier alpha value is -4.10. The maximum Gasteiger partial charge on any atom is 0.321 e. The second-order valence-electron chi connectivity index (χ2n) is 9.75. The van der Waals surface area contributed by atoms with Gasteiger partial charge < -0.3 is 15.1 Å². The molecule has 1 aliphatic heterocycles. The highest BCUT2D eigenvalue weighted by molar-refractivity contribution is 7.19. The molecular formula is C30H27Cl2N7O3S2. The van der Waals surface area contributed by atoms with Crippen molar-refractivity contribution in [1.29, 1.82) is 0 Å². The topological polar surface area (TPSA) is 117 Å². The van der Waals surface area contributed by atoms with Gasteiger partial charge in [0.05, 0.1) is 46.6 Å². The predicted molar refractivity (Wildman–Crippen MR) is 178 cm³/mol. The molecule has 0 saturated carbocycles. The SMILES string of the molecule is CN(C(=O)Nc1ccc(-c2ccc(Cl)s2)nc1)C1CCN(c2ccccn2)CC1.O=[N+]([O-])c1ccc(-c2ccc(Cl)s2)nc1. The van der Waals surface area contributed by atoms with Gasteiger partial charge in [0.25, 0.3) is 5.69 Å². The Bertz CT molecular complexity index is 1690. The highest BCUT2D eigenvalue weighted by Gasteiger charge is 2.26. The average molecular weight is 669 g/mol. The van der Waals surface area contributed by atoms with Crippen molar-refractivity contribution < 1.29 is 9.72 Å². The number of hydrogen-bond donors (Lipinski definition) is 1. The van der Waals surface area contributed by atoms with Crippen LogP contribution in [0, 0.1) is 10.1 Å². The van der Waals surface area contributed by atoms with Crippen LogP contribution < -0.4 is 10.2 Å². The van der Waals surface area contributed by atoms with Gasteiger partial charge in [0.2, 0.25) is 0 Å². The van der Waals surface area contributed by atoms with Gasteiger partial charge in [-0.25, -0.2) is 14.8 Å². The number of amides is 2. The molecule has 0 aliphatic carbocycles. The number of carbonyl (C=O) groups is 1. The molecule has 0 aromatic carbocycles. The first-order valence-corrected chi connectivity index (χ1v) is 15.9. The number of pyridine rings is 3. The van der Waals surface area contributed by atoms with Crippen molar-refractivity contribution in [3.8, 4) is 21.1 Å². The van der Waals surface area contributed by atoms with Crippen molar-refractivity contribution in [1.82, 2.24) is 19.9 Å². The molecule has 2 amide bonds. The van der Waals surface area contributed by atoms with E-state index in [4.69, 9.17) is 23.2 Å². The van der Waals surface area contributed by atoms with E-state index in [1.165, 1.54) is 34.9 Å². The van der Waals surface area contributed by atoms with E-state index in [2.05, 4.69) is 25.2 Å². The molecule has 10 nitrogen and oxygen atoms in total. The minimum atomic E-state index is -0.474. The van der Waals surface area contributed by atoms with Crippen LogP contribution in [0.3, 0.4) is 0 Å². The zero-order valence-electron chi connectivity index (χ0n) is 23.5. The predicted octanol–water partition coefficient (Wildman–Crippen LogP) is 8.36. The summed E-state index contributed by atoms with van der Waals surface area (Å²) in [4.78, 5) is 41.4. The van der Waals surface area contributed by atoms with E-state index in [1.54, 1.807) is 23.2 Å². The standard InChI is InChI=1S/C21H22ClN5OS.C9H5ClN2O2S/c1-26(16-9-12-27(13-10-16)20-4-2-3-11-23-20)21(28)25-15-5-6-17(24-14-15)18-7-8-19(22)29-18;10-9-4-3-8(15-9)7-2-1-6(5-11-7)12(13)14/h2-8,11,14,16H,9-10,12-13H2,1H3,(H,25,28);1-5H. The Balaban J connectivity index is 0.000000215. The number of anilines is 2. The lowest BCUT2D eigenvalue weighted by molar-refractivity contribution is -0.385. The van der Waals surface area contributed by atoms with Gasteiger partial charge in [-0.05, 0) is 67.4 Å². The molecule has 6 heterocycles. The molecule has 6 rings (SSSR count). The van der Waals surface area contributed by atoms with E-state index in [0.29, 0.717) is 15.7 Å². The lowest BCUT2D eigenvalue weighted by atomic mass is 10.0. The van der Waals surface area contributed by atoms with Gasteiger partial charge in [-0.1, -0.05) is 29.3 Å². The van der Waals surface area contributed by atoms with E-state index in [0.717, 1.165) is 51.5 Å². The maximum atomic E-state index is 12.7. The summed E-state index contributed by atoms with van der Waals surface area (Å²) in [7, 11) is 1.85. The van der Waals surface area contributed by atoms with Crippen LogP contribution in [0.4, 0.5) is 22.0 Å². The maximum absolute atomic E-state index is 12.7. The largest absolute Gasteiger partial charge is 0.356 e. The van der Waals surface area contributed by atoms with Crippen LogP contribution in [0.5, 0.6) is 0 Å². The minimum Gasteiger partial charge on any atom is -0.356 e. The van der Waals surface area contributed by atoms with Crippen molar-refractivity contribution in [2.75, 3.05) is 30.4 Å². The third kappa shape index (κ3) is 8.08. The van der Waals surface area contributed by atoms with Crippen LogP contribution >= 0.6 is 45.9 Å². The Labute approximate surface area is 272 Å². The molecule has 1 aliphatic rings. The first-order valence-electron chi connectivity index (χ1n) is 13.5. The molecule has 226 valence electrons. The number of carbonyl (C=O) groups excluding carboxylic acids is 1. The van der Waals surface area contributed by atoms with Gasteiger partial charge in [0.1, 0.15) is 12.0 Å². The van der Waals surface area contributed by atoms with Crippen molar-refractivity contribution in [2.45, 2.75) is 18.9 Å². The normalized spacial score (nSPS) is 13.1. The Morgan fingerprint density at radius 1 is 0.909 bits per heavy atom. The summed E-state index contributed by atoms with van der Waals surface area (Å²) in [6.45, 7) is 1.78. The van der Waals surface area contributed by atoms with Crippen molar-refractivity contribution >= 4 is 69.1 Å². The number of urea groups is 1. The summed E-state index contributed by atoms with van der Waals surface area (Å²) in [5, 5.41) is 13.3. The van der Waals surface area contributed by atoms with E-state index >= 15 is 0 Å². The number of nitrogens with zero attached hydrogens (tertiary/aromatic N) is 6. The molecule has 1 N–H and O–H groups in total. The van der Waals surface area contributed by atoms with Gasteiger partial charge in [-0.3, -0.25) is 15.1 Å². The number of nitro groups is 1. The van der Waals surface area contributed by atoms with E-state index in [1.807, 2.05) is 61.8 Å². The number of halogens is 2. The Morgan fingerprint density at radius 3 is 2.02 bits per heavy atom.